The number of rotatable bonds is 8. The van der Waals surface area contributed by atoms with E-state index in [2.05, 4.69) is 25.8 Å². The van der Waals surface area contributed by atoms with Crippen LogP contribution in [-0.2, 0) is 6.54 Å². The molecule has 34 heavy (non-hydrogen) atoms. The summed E-state index contributed by atoms with van der Waals surface area (Å²) < 4.78 is 10.9. The van der Waals surface area contributed by atoms with Gasteiger partial charge in [0.15, 0.2) is 11.7 Å². The van der Waals surface area contributed by atoms with Crippen LogP contribution >= 0.6 is 24.0 Å². The molecule has 1 amide bonds. The third kappa shape index (κ3) is 7.10. The van der Waals surface area contributed by atoms with Crippen LogP contribution in [0.1, 0.15) is 47.2 Å². The van der Waals surface area contributed by atoms with Gasteiger partial charge in [-0.3, -0.25) is 14.7 Å². The van der Waals surface area contributed by atoms with Gasteiger partial charge in [-0.2, -0.15) is 0 Å². The Labute approximate surface area is 217 Å². The first-order valence-electron chi connectivity index (χ1n) is 11.4. The van der Waals surface area contributed by atoms with E-state index in [0.717, 1.165) is 24.4 Å². The van der Waals surface area contributed by atoms with Crippen molar-refractivity contribution >= 4 is 41.5 Å². The highest BCUT2D eigenvalue weighted by molar-refractivity contribution is 14.0. The minimum atomic E-state index is -0.274. The SMILES string of the molecule is CN=C(NCc1cccc(NC(=O)c2ccco2)c1)NCC(c1ccco1)N1CCCCC1.I. The molecule has 1 aliphatic heterocycles. The first-order valence-corrected chi connectivity index (χ1v) is 11.4. The summed E-state index contributed by atoms with van der Waals surface area (Å²) in [7, 11) is 1.76. The molecule has 2 aromatic heterocycles. The standard InChI is InChI=1S/C25H31N5O3.HI/c1-26-25(28-18-21(22-10-6-14-32-22)30-12-3-2-4-13-30)27-17-19-8-5-9-20(16-19)29-24(31)23-11-7-15-33-23;/h5-11,14-16,21H,2-4,12-13,17-18H2,1H3,(H,29,31)(H2,26,27,28);1H. The van der Waals surface area contributed by atoms with Gasteiger partial charge in [-0.05, 0) is 67.9 Å². The molecule has 0 bridgehead atoms. The molecule has 1 aliphatic rings. The van der Waals surface area contributed by atoms with Crippen LogP contribution < -0.4 is 16.0 Å². The maximum absolute atomic E-state index is 12.2. The zero-order valence-electron chi connectivity index (χ0n) is 19.3. The number of aliphatic imine (C=N–C) groups is 1. The van der Waals surface area contributed by atoms with Crippen LogP contribution in [0.4, 0.5) is 5.69 Å². The zero-order chi connectivity index (χ0) is 22.9. The summed E-state index contributed by atoms with van der Waals surface area (Å²) >= 11 is 0. The highest BCUT2D eigenvalue weighted by Crippen LogP contribution is 2.24. The number of nitrogens with zero attached hydrogens (tertiary/aromatic N) is 2. The molecule has 1 aromatic carbocycles. The predicted molar refractivity (Wildman–Crippen MR) is 144 cm³/mol. The molecule has 3 aromatic rings. The summed E-state index contributed by atoms with van der Waals surface area (Å²) in [6.07, 6.45) is 6.94. The molecule has 1 unspecified atom stereocenters. The molecule has 0 spiro atoms. The van der Waals surface area contributed by atoms with Crippen LogP contribution in [0.5, 0.6) is 0 Å². The zero-order valence-corrected chi connectivity index (χ0v) is 21.7. The highest BCUT2D eigenvalue weighted by atomic mass is 127. The van der Waals surface area contributed by atoms with Crippen molar-refractivity contribution in [2.75, 3.05) is 32.0 Å². The number of benzene rings is 1. The van der Waals surface area contributed by atoms with Crippen molar-refractivity contribution in [1.29, 1.82) is 0 Å². The Morgan fingerprint density at radius 2 is 1.82 bits per heavy atom. The van der Waals surface area contributed by atoms with Crippen LogP contribution in [-0.4, -0.2) is 43.4 Å². The molecule has 9 heteroatoms. The number of hydrogen-bond donors (Lipinski definition) is 3. The monoisotopic (exact) mass is 577 g/mol. The molecular formula is C25H32IN5O3. The van der Waals surface area contributed by atoms with E-state index in [4.69, 9.17) is 8.83 Å². The van der Waals surface area contributed by atoms with E-state index in [1.807, 2.05) is 36.4 Å². The van der Waals surface area contributed by atoms with Gasteiger partial charge in [-0.1, -0.05) is 18.6 Å². The molecule has 182 valence electrons. The van der Waals surface area contributed by atoms with Crippen molar-refractivity contribution in [3.63, 3.8) is 0 Å². The Kier molecular flexibility index (Phi) is 10.0. The fraction of sp³-hybridized carbons (Fsp3) is 0.360. The number of likely N-dealkylation sites (tertiary alicyclic amines) is 1. The number of amides is 1. The minimum absolute atomic E-state index is 0. The lowest BCUT2D eigenvalue weighted by Gasteiger charge is -2.33. The van der Waals surface area contributed by atoms with E-state index in [1.165, 1.54) is 25.5 Å². The van der Waals surface area contributed by atoms with Gasteiger partial charge in [0, 0.05) is 25.8 Å². The number of guanidine groups is 1. The van der Waals surface area contributed by atoms with E-state index in [1.54, 1.807) is 25.4 Å². The van der Waals surface area contributed by atoms with Crippen molar-refractivity contribution in [1.82, 2.24) is 15.5 Å². The first kappa shape index (κ1) is 25.8. The largest absolute Gasteiger partial charge is 0.468 e. The second-order valence-electron chi connectivity index (χ2n) is 8.07. The van der Waals surface area contributed by atoms with Crippen LogP contribution in [0.2, 0.25) is 0 Å². The lowest BCUT2D eigenvalue weighted by Crippen LogP contribution is -2.44. The van der Waals surface area contributed by atoms with Crippen molar-refractivity contribution < 1.29 is 13.6 Å². The maximum atomic E-state index is 12.2. The molecule has 0 aliphatic carbocycles. The number of carbonyl (C=O) groups is 1. The molecule has 0 radical (unpaired) electrons. The van der Waals surface area contributed by atoms with Crippen molar-refractivity contribution in [2.45, 2.75) is 31.8 Å². The van der Waals surface area contributed by atoms with Crippen LogP contribution in [0, 0.1) is 0 Å². The average Bonchev–Trinajstić information content (AvgIpc) is 3.57. The Bertz CT molecular complexity index is 1030. The van der Waals surface area contributed by atoms with Gasteiger partial charge in [0.05, 0.1) is 18.6 Å². The van der Waals surface area contributed by atoms with E-state index < -0.39 is 0 Å². The number of carbonyl (C=O) groups excluding carboxylic acids is 1. The molecule has 1 fully saturated rings. The quantitative estimate of drug-likeness (QED) is 0.205. The number of hydrogen-bond acceptors (Lipinski definition) is 5. The van der Waals surface area contributed by atoms with Gasteiger partial charge in [-0.25, -0.2) is 0 Å². The Balaban J connectivity index is 0.00000324. The number of nitrogens with one attached hydrogen (secondary N) is 3. The third-order valence-electron chi connectivity index (χ3n) is 5.78. The molecule has 4 rings (SSSR count). The van der Waals surface area contributed by atoms with E-state index >= 15 is 0 Å². The Morgan fingerprint density at radius 3 is 2.53 bits per heavy atom. The van der Waals surface area contributed by atoms with Crippen molar-refractivity contribution in [3.8, 4) is 0 Å². The van der Waals surface area contributed by atoms with Gasteiger partial charge < -0.3 is 24.8 Å². The van der Waals surface area contributed by atoms with Crippen LogP contribution in [0.15, 0.2) is 74.9 Å². The first-order chi connectivity index (χ1) is 16.2. The van der Waals surface area contributed by atoms with Crippen LogP contribution in [0.25, 0.3) is 0 Å². The number of anilines is 1. The molecule has 1 saturated heterocycles. The fourth-order valence-corrected chi connectivity index (χ4v) is 4.08. The maximum Gasteiger partial charge on any atom is 0.291 e. The second kappa shape index (κ2) is 13.2. The molecule has 3 heterocycles. The van der Waals surface area contributed by atoms with Gasteiger partial charge in [0.1, 0.15) is 5.76 Å². The van der Waals surface area contributed by atoms with Gasteiger partial charge >= 0.3 is 0 Å². The molecule has 0 saturated carbocycles. The molecule has 1 atom stereocenters. The summed E-state index contributed by atoms with van der Waals surface area (Å²) in [5.74, 6) is 1.70. The topological polar surface area (TPSA) is 95.0 Å². The van der Waals surface area contributed by atoms with E-state index in [0.29, 0.717) is 24.7 Å². The van der Waals surface area contributed by atoms with Gasteiger partial charge in [0.2, 0.25) is 0 Å². The smallest absolute Gasteiger partial charge is 0.291 e. The number of furan rings is 2. The minimum Gasteiger partial charge on any atom is -0.468 e. The summed E-state index contributed by atoms with van der Waals surface area (Å²) in [6, 6.07) is 15.2. The Hall–Kier alpha value is -2.79. The number of halogens is 1. The normalized spacial score (nSPS) is 15.3. The lowest BCUT2D eigenvalue weighted by atomic mass is 10.1. The summed E-state index contributed by atoms with van der Waals surface area (Å²) in [5, 5.41) is 9.66. The van der Waals surface area contributed by atoms with E-state index in [9.17, 15) is 4.79 Å². The lowest BCUT2D eigenvalue weighted by molar-refractivity contribution is 0.0996. The summed E-state index contributed by atoms with van der Waals surface area (Å²) in [6.45, 7) is 3.43. The molecular weight excluding hydrogens is 545 g/mol. The third-order valence-corrected chi connectivity index (χ3v) is 5.78. The van der Waals surface area contributed by atoms with E-state index in [-0.39, 0.29) is 41.7 Å². The number of piperidine rings is 1. The van der Waals surface area contributed by atoms with Crippen molar-refractivity contribution in [2.24, 2.45) is 4.99 Å². The second-order valence-corrected chi connectivity index (χ2v) is 8.07. The van der Waals surface area contributed by atoms with Crippen molar-refractivity contribution in [3.05, 3.63) is 78.1 Å². The van der Waals surface area contributed by atoms with Gasteiger partial charge in [-0.15, -0.1) is 24.0 Å². The fourth-order valence-electron chi connectivity index (χ4n) is 4.08. The summed E-state index contributed by atoms with van der Waals surface area (Å²) in [5.41, 5.74) is 1.73. The summed E-state index contributed by atoms with van der Waals surface area (Å²) in [4.78, 5) is 19.1. The average molecular weight is 577 g/mol. The predicted octanol–water partition coefficient (Wildman–Crippen LogP) is 4.64. The van der Waals surface area contributed by atoms with Gasteiger partial charge in [0.25, 0.3) is 5.91 Å². The highest BCUT2D eigenvalue weighted by Gasteiger charge is 2.24. The molecule has 3 N–H and O–H groups in total. The Morgan fingerprint density at radius 1 is 1.03 bits per heavy atom. The molecule has 8 nitrogen and oxygen atoms in total. The van der Waals surface area contributed by atoms with Crippen LogP contribution in [0.3, 0.4) is 0 Å².